The number of rotatable bonds is 6. The van der Waals surface area contributed by atoms with Gasteiger partial charge in [0.05, 0.1) is 5.39 Å². The predicted octanol–water partition coefficient (Wildman–Crippen LogP) is 2.20. The predicted molar refractivity (Wildman–Crippen MR) is 109 cm³/mol. The lowest BCUT2D eigenvalue weighted by atomic mass is 9.84. The van der Waals surface area contributed by atoms with Crippen LogP contribution in [0.25, 0.3) is 10.2 Å². The number of carbonyl (C=O) groups is 2. The summed E-state index contributed by atoms with van der Waals surface area (Å²) in [6.07, 6.45) is 4.14. The number of hydrogen-bond acceptors (Lipinski definition) is 7. The van der Waals surface area contributed by atoms with Crippen molar-refractivity contribution in [1.29, 1.82) is 0 Å². The number of hydrogen-bond donors (Lipinski definition) is 2. The zero-order valence-corrected chi connectivity index (χ0v) is 16.8. The van der Waals surface area contributed by atoms with Crippen LogP contribution < -0.4 is 10.2 Å². The standard InChI is InChI=1S/C19H25N5O3S/c1-2-13-10-14-16(21-19(20-11-15(25)26)22-17(14)28-13)23-6-8-24(9-7-23)18(27)12-4-3-5-12/h10,12H,2-9,11H2,1H3,(H,25,26)(H,20,21,22). The Morgan fingerprint density at radius 1 is 1.25 bits per heavy atom. The van der Waals surface area contributed by atoms with Gasteiger partial charge in [0.15, 0.2) is 0 Å². The SMILES string of the molecule is CCc1cc2c(N3CCN(C(=O)C4CCC4)CC3)nc(NCC(=O)O)nc2s1. The van der Waals surface area contributed by atoms with E-state index >= 15 is 0 Å². The number of thiophene rings is 1. The largest absolute Gasteiger partial charge is 0.480 e. The van der Waals surface area contributed by atoms with E-state index in [1.165, 1.54) is 11.3 Å². The highest BCUT2D eigenvalue weighted by atomic mass is 32.1. The monoisotopic (exact) mass is 403 g/mol. The number of carboxylic acid groups (broad SMARTS) is 1. The Hall–Kier alpha value is -2.42. The summed E-state index contributed by atoms with van der Waals surface area (Å²) in [6.45, 7) is 4.72. The number of piperazine rings is 1. The smallest absolute Gasteiger partial charge is 0.322 e. The lowest BCUT2D eigenvalue weighted by molar-refractivity contribution is -0.138. The molecule has 9 heteroatoms. The molecule has 2 aromatic heterocycles. The fourth-order valence-electron chi connectivity index (χ4n) is 3.66. The van der Waals surface area contributed by atoms with Gasteiger partial charge in [0.25, 0.3) is 0 Å². The van der Waals surface area contributed by atoms with Gasteiger partial charge in [0.1, 0.15) is 17.2 Å². The number of carbonyl (C=O) groups excluding carboxylic acids is 1. The van der Waals surface area contributed by atoms with Gasteiger partial charge in [-0.1, -0.05) is 13.3 Å². The van der Waals surface area contributed by atoms with Crippen molar-refractivity contribution >= 4 is 45.2 Å². The highest BCUT2D eigenvalue weighted by Gasteiger charge is 2.32. The Labute approximate surface area is 167 Å². The summed E-state index contributed by atoms with van der Waals surface area (Å²) in [4.78, 5) is 38.8. The quantitative estimate of drug-likeness (QED) is 0.763. The second kappa shape index (κ2) is 7.90. The van der Waals surface area contributed by atoms with Crippen molar-refractivity contribution in [1.82, 2.24) is 14.9 Å². The zero-order valence-electron chi connectivity index (χ0n) is 16.0. The molecule has 2 aliphatic rings. The number of carboxylic acids is 1. The topological polar surface area (TPSA) is 98.7 Å². The molecular formula is C19H25N5O3S. The van der Waals surface area contributed by atoms with E-state index in [0.717, 1.165) is 48.4 Å². The molecule has 4 rings (SSSR count). The number of aromatic nitrogens is 2. The van der Waals surface area contributed by atoms with Gasteiger partial charge in [-0.2, -0.15) is 4.98 Å². The molecule has 0 spiro atoms. The van der Waals surface area contributed by atoms with E-state index in [9.17, 15) is 9.59 Å². The highest BCUT2D eigenvalue weighted by Crippen LogP contribution is 2.33. The van der Waals surface area contributed by atoms with Crippen LogP contribution in [0.15, 0.2) is 6.07 Å². The van der Waals surface area contributed by atoms with Crippen LogP contribution in [0.3, 0.4) is 0 Å². The third-order valence-corrected chi connectivity index (χ3v) is 6.69. The van der Waals surface area contributed by atoms with Gasteiger partial charge in [-0.05, 0) is 25.3 Å². The fraction of sp³-hybridized carbons (Fsp3) is 0.579. The first-order valence-corrected chi connectivity index (χ1v) is 10.7. The molecule has 2 aromatic rings. The van der Waals surface area contributed by atoms with Crippen molar-refractivity contribution in [3.8, 4) is 0 Å². The number of aliphatic carboxylic acids is 1. The van der Waals surface area contributed by atoms with Gasteiger partial charge in [0.2, 0.25) is 11.9 Å². The summed E-state index contributed by atoms with van der Waals surface area (Å²) in [6, 6.07) is 2.13. The molecule has 0 bridgehead atoms. The van der Waals surface area contributed by atoms with Crippen LogP contribution in [0.5, 0.6) is 0 Å². The minimum absolute atomic E-state index is 0.222. The first kappa shape index (κ1) is 18.9. The third kappa shape index (κ3) is 3.76. The molecule has 0 unspecified atom stereocenters. The van der Waals surface area contributed by atoms with Crippen LogP contribution >= 0.6 is 11.3 Å². The molecule has 0 radical (unpaired) electrons. The van der Waals surface area contributed by atoms with Crippen LogP contribution in [0.4, 0.5) is 11.8 Å². The van der Waals surface area contributed by atoms with Crippen LogP contribution in [-0.4, -0.2) is 64.6 Å². The average Bonchev–Trinajstić information content (AvgIpc) is 3.07. The van der Waals surface area contributed by atoms with Crippen LogP contribution in [-0.2, 0) is 16.0 Å². The molecule has 1 saturated heterocycles. The van der Waals surface area contributed by atoms with Crippen molar-refractivity contribution in [2.24, 2.45) is 5.92 Å². The van der Waals surface area contributed by atoms with Crippen molar-refractivity contribution in [2.45, 2.75) is 32.6 Å². The molecule has 3 heterocycles. The van der Waals surface area contributed by atoms with Gasteiger partial charge < -0.3 is 20.2 Å². The van der Waals surface area contributed by atoms with E-state index in [2.05, 4.69) is 33.2 Å². The lowest BCUT2D eigenvalue weighted by Crippen LogP contribution is -2.51. The van der Waals surface area contributed by atoms with Gasteiger partial charge in [-0.3, -0.25) is 9.59 Å². The van der Waals surface area contributed by atoms with E-state index in [4.69, 9.17) is 5.11 Å². The van der Waals surface area contributed by atoms with Gasteiger partial charge >= 0.3 is 5.97 Å². The maximum Gasteiger partial charge on any atom is 0.322 e. The van der Waals surface area contributed by atoms with Crippen molar-refractivity contribution in [3.63, 3.8) is 0 Å². The normalized spacial score (nSPS) is 17.6. The second-order valence-electron chi connectivity index (χ2n) is 7.34. The average molecular weight is 404 g/mol. The second-order valence-corrected chi connectivity index (χ2v) is 8.46. The van der Waals surface area contributed by atoms with Crippen LogP contribution in [0.1, 0.15) is 31.1 Å². The van der Waals surface area contributed by atoms with Crippen molar-refractivity contribution in [2.75, 3.05) is 42.9 Å². The number of anilines is 2. The minimum atomic E-state index is -0.950. The summed E-state index contributed by atoms with van der Waals surface area (Å²) < 4.78 is 0. The van der Waals surface area contributed by atoms with Gasteiger partial charge in [-0.25, -0.2) is 4.98 Å². The molecule has 1 amide bonds. The minimum Gasteiger partial charge on any atom is -0.480 e. The number of fused-ring (bicyclic) bond motifs is 1. The Morgan fingerprint density at radius 3 is 2.61 bits per heavy atom. The molecule has 1 aliphatic heterocycles. The molecular weight excluding hydrogens is 378 g/mol. The summed E-state index contributed by atoms with van der Waals surface area (Å²) in [5.74, 6) is 0.736. The van der Waals surface area contributed by atoms with E-state index in [1.54, 1.807) is 11.3 Å². The van der Waals surface area contributed by atoms with Crippen molar-refractivity contribution in [3.05, 3.63) is 10.9 Å². The maximum absolute atomic E-state index is 12.5. The molecule has 28 heavy (non-hydrogen) atoms. The number of nitrogens with one attached hydrogen (secondary N) is 1. The summed E-state index contributed by atoms with van der Waals surface area (Å²) in [5, 5.41) is 12.7. The lowest BCUT2D eigenvalue weighted by Gasteiger charge is -2.38. The molecule has 150 valence electrons. The summed E-state index contributed by atoms with van der Waals surface area (Å²) >= 11 is 1.61. The first-order valence-electron chi connectivity index (χ1n) is 9.85. The fourth-order valence-corrected chi connectivity index (χ4v) is 4.62. The van der Waals surface area contributed by atoms with Gasteiger partial charge in [0, 0.05) is 37.0 Å². The molecule has 1 aliphatic carbocycles. The number of nitrogens with zero attached hydrogens (tertiary/aromatic N) is 4. The summed E-state index contributed by atoms with van der Waals surface area (Å²) in [7, 11) is 0. The first-order chi connectivity index (χ1) is 13.5. The molecule has 0 atom stereocenters. The summed E-state index contributed by atoms with van der Waals surface area (Å²) in [5.41, 5.74) is 0. The Kier molecular flexibility index (Phi) is 5.34. The molecule has 2 fully saturated rings. The molecule has 1 saturated carbocycles. The van der Waals surface area contributed by atoms with Crippen molar-refractivity contribution < 1.29 is 14.7 Å². The third-order valence-electron chi connectivity index (χ3n) is 5.52. The number of amides is 1. The Bertz CT molecular complexity index is 887. The molecule has 2 N–H and O–H groups in total. The molecule has 8 nitrogen and oxygen atoms in total. The Morgan fingerprint density at radius 2 is 2.00 bits per heavy atom. The zero-order chi connectivity index (χ0) is 19.7. The van der Waals surface area contributed by atoms with E-state index < -0.39 is 5.97 Å². The van der Waals surface area contributed by atoms with E-state index in [-0.39, 0.29) is 12.5 Å². The van der Waals surface area contributed by atoms with Gasteiger partial charge in [-0.15, -0.1) is 11.3 Å². The maximum atomic E-state index is 12.5. The van der Waals surface area contributed by atoms with Crippen LogP contribution in [0.2, 0.25) is 0 Å². The Balaban J connectivity index is 1.55. The van der Waals surface area contributed by atoms with E-state index in [1.807, 2.05) is 4.90 Å². The van der Waals surface area contributed by atoms with Crippen LogP contribution in [0, 0.1) is 5.92 Å². The van der Waals surface area contributed by atoms with E-state index in [0.29, 0.717) is 24.9 Å². The molecule has 0 aromatic carbocycles. The number of aryl methyl sites for hydroxylation is 1. The highest BCUT2D eigenvalue weighted by molar-refractivity contribution is 7.18.